The second-order valence-corrected chi connectivity index (χ2v) is 9.17. The van der Waals surface area contributed by atoms with Gasteiger partial charge in [-0.2, -0.15) is 0 Å². The van der Waals surface area contributed by atoms with E-state index in [4.69, 9.17) is 0 Å². The van der Waals surface area contributed by atoms with E-state index < -0.39 is 0 Å². The number of benzene rings is 2. The van der Waals surface area contributed by atoms with E-state index in [1.54, 1.807) is 17.0 Å². The zero-order valence-electron chi connectivity index (χ0n) is 19.3. The summed E-state index contributed by atoms with van der Waals surface area (Å²) in [4.78, 5) is 34.6. The summed E-state index contributed by atoms with van der Waals surface area (Å²) in [6.07, 6.45) is 3.44. The molecule has 176 valence electrons. The third-order valence-electron chi connectivity index (χ3n) is 6.96. The van der Waals surface area contributed by atoms with E-state index in [2.05, 4.69) is 22.4 Å². The summed E-state index contributed by atoms with van der Waals surface area (Å²) in [6, 6.07) is 21.8. The molecule has 3 aromatic rings. The molecule has 0 aliphatic carbocycles. The van der Waals surface area contributed by atoms with E-state index in [9.17, 15) is 9.59 Å². The topological polar surface area (TPSA) is 70.5 Å². The van der Waals surface area contributed by atoms with Crippen molar-refractivity contribution in [3.05, 3.63) is 89.0 Å². The van der Waals surface area contributed by atoms with Crippen LogP contribution in [0.4, 0.5) is 4.79 Å². The van der Waals surface area contributed by atoms with Crippen LogP contribution in [0.5, 0.6) is 0 Å². The molecule has 7 nitrogen and oxygen atoms in total. The molecule has 0 spiro atoms. The van der Waals surface area contributed by atoms with Crippen molar-refractivity contribution in [1.82, 2.24) is 24.7 Å². The number of hydrogen-bond donors (Lipinski definition) is 1. The van der Waals surface area contributed by atoms with Crippen molar-refractivity contribution in [2.45, 2.75) is 25.4 Å². The van der Waals surface area contributed by atoms with Crippen LogP contribution in [-0.4, -0.2) is 58.1 Å². The summed E-state index contributed by atoms with van der Waals surface area (Å²) < 4.78 is 1.70. The molecule has 2 saturated heterocycles. The molecule has 0 bridgehead atoms. The highest BCUT2D eigenvalue weighted by Crippen LogP contribution is 2.26. The summed E-state index contributed by atoms with van der Waals surface area (Å²) in [6.45, 7) is 4.40. The van der Waals surface area contributed by atoms with Crippen molar-refractivity contribution in [1.29, 1.82) is 0 Å². The summed E-state index contributed by atoms with van der Waals surface area (Å²) >= 11 is 0. The molecule has 7 heteroatoms. The summed E-state index contributed by atoms with van der Waals surface area (Å²) in [5.41, 5.74) is 2.79. The fraction of sp³-hybridized carbons (Fsp3) is 0.370. The highest BCUT2D eigenvalue weighted by Gasteiger charge is 2.32. The van der Waals surface area contributed by atoms with Gasteiger partial charge in [-0.25, -0.2) is 9.78 Å². The minimum absolute atomic E-state index is 0.0288. The Morgan fingerprint density at radius 1 is 0.971 bits per heavy atom. The molecule has 2 fully saturated rings. The second-order valence-electron chi connectivity index (χ2n) is 9.17. The van der Waals surface area contributed by atoms with E-state index in [1.807, 2.05) is 58.3 Å². The normalized spacial score (nSPS) is 19.2. The quantitative estimate of drug-likeness (QED) is 0.652. The first-order valence-corrected chi connectivity index (χ1v) is 12.1. The number of carbonyl (C=O) groups is 1. The van der Waals surface area contributed by atoms with Gasteiger partial charge in [-0.05, 0) is 24.3 Å². The Hall–Kier alpha value is -3.45. The lowest BCUT2D eigenvalue weighted by Crippen LogP contribution is -2.54. The van der Waals surface area contributed by atoms with Crippen molar-refractivity contribution >= 4 is 6.03 Å². The molecule has 2 aliphatic heterocycles. The zero-order valence-corrected chi connectivity index (χ0v) is 19.3. The maximum absolute atomic E-state index is 13.4. The van der Waals surface area contributed by atoms with Crippen LogP contribution in [0, 0.1) is 5.92 Å². The van der Waals surface area contributed by atoms with Crippen molar-refractivity contribution in [3.8, 4) is 11.3 Å². The van der Waals surface area contributed by atoms with Crippen molar-refractivity contribution < 1.29 is 4.79 Å². The Labute approximate surface area is 200 Å². The van der Waals surface area contributed by atoms with Crippen molar-refractivity contribution in [2.75, 3.05) is 32.7 Å². The minimum Gasteiger partial charge on any atom is -0.325 e. The number of nitrogens with zero attached hydrogens (tertiary/aromatic N) is 4. The average molecular weight is 458 g/mol. The van der Waals surface area contributed by atoms with Crippen LogP contribution in [0.15, 0.2) is 77.9 Å². The molecule has 0 radical (unpaired) electrons. The number of aromatic nitrogens is 2. The van der Waals surface area contributed by atoms with Crippen LogP contribution in [0.25, 0.3) is 11.3 Å². The van der Waals surface area contributed by atoms with Gasteiger partial charge < -0.3 is 15.1 Å². The predicted molar refractivity (Wildman–Crippen MR) is 132 cm³/mol. The van der Waals surface area contributed by atoms with Crippen LogP contribution in [-0.2, 0) is 6.54 Å². The minimum atomic E-state index is -0.0288. The lowest BCUT2D eigenvalue weighted by atomic mass is 9.96. The van der Waals surface area contributed by atoms with E-state index in [1.165, 1.54) is 5.56 Å². The fourth-order valence-corrected chi connectivity index (χ4v) is 5.00. The molecule has 0 saturated carbocycles. The van der Waals surface area contributed by atoms with Gasteiger partial charge in [0.15, 0.2) is 0 Å². The number of nitrogens with one attached hydrogen (secondary N) is 1. The Bertz CT molecular complexity index is 1160. The monoisotopic (exact) mass is 457 g/mol. The average Bonchev–Trinajstić information content (AvgIpc) is 2.91. The first-order chi connectivity index (χ1) is 16.7. The van der Waals surface area contributed by atoms with Gasteiger partial charge in [-0.3, -0.25) is 9.36 Å². The first kappa shape index (κ1) is 22.3. The molecule has 1 aromatic heterocycles. The van der Waals surface area contributed by atoms with Gasteiger partial charge in [-0.1, -0.05) is 60.7 Å². The maximum Gasteiger partial charge on any atom is 0.320 e. The molecule has 1 atom stereocenters. The number of urea groups is 1. The Kier molecular flexibility index (Phi) is 6.72. The van der Waals surface area contributed by atoms with Crippen LogP contribution in [0.3, 0.4) is 0 Å². The molecular weight excluding hydrogens is 426 g/mol. The standard InChI is InChI=1S/C27H31N5O2/c33-26-17-24(22-7-3-1-4-8-22)29-20-31(26)19-21-11-14-30(15-12-21)27(34)32-16-13-28-18-25(32)23-9-5-2-6-10-23/h1-10,17,20-21,25,28H,11-16,18-19H2. The second kappa shape index (κ2) is 10.2. The predicted octanol–water partition coefficient (Wildman–Crippen LogP) is 3.39. The third kappa shape index (κ3) is 4.89. The number of rotatable bonds is 4. The Morgan fingerprint density at radius 2 is 1.68 bits per heavy atom. The van der Waals surface area contributed by atoms with Crippen LogP contribution in [0.1, 0.15) is 24.4 Å². The molecule has 5 rings (SSSR count). The van der Waals surface area contributed by atoms with Crippen molar-refractivity contribution in [2.24, 2.45) is 5.92 Å². The lowest BCUT2D eigenvalue weighted by Gasteiger charge is -2.41. The third-order valence-corrected chi connectivity index (χ3v) is 6.96. The number of carbonyl (C=O) groups excluding carboxylic acids is 1. The summed E-state index contributed by atoms with van der Waals surface area (Å²) in [5.74, 6) is 0.360. The van der Waals surface area contributed by atoms with E-state index in [0.717, 1.165) is 44.6 Å². The number of amides is 2. The highest BCUT2D eigenvalue weighted by atomic mass is 16.2. The fourth-order valence-electron chi connectivity index (χ4n) is 5.00. The molecule has 1 N–H and O–H groups in total. The largest absolute Gasteiger partial charge is 0.325 e. The van der Waals surface area contributed by atoms with Gasteiger partial charge in [0.1, 0.15) is 0 Å². The molecular formula is C27H31N5O2. The molecule has 2 amide bonds. The number of piperazine rings is 1. The lowest BCUT2D eigenvalue weighted by molar-refractivity contribution is 0.104. The number of hydrogen-bond acceptors (Lipinski definition) is 4. The molecule has 2 aliphatic rings. The molecule has 2 aromatic carbocycles. The number of piperidine rings is 1. The molecule has 1 unspecified atom stereocenters. The molecule has 3 heterocycles. The Morgan fingerprint density at radius 3 is 2.38 bits per heavy atom. The van der Waals surface area contributed by atoms with E-state index >= 15 is 0 Å². The smallest absolute Gasteiger partial charge is 0.320 e. The summed E-state index contributed by atoms with van der Waals surface area (Å²) in [7, 11) is 0. The summed E-state index contributed by atoms with van der Waals surface area (Å²) in [5, 5.41) is 3.42. The van der Waals surface area contributed by atoms with E-state index in [-0.39, 0.29) is 17.6 Å². The van der Waals surface area contributed by atoms with Gasteiger partial charge in [0, 0.05) is 50.9 Å². The van der Waals surface area contributed by atoms with Crippen molar-refractivity contribution in [3.63, 3.8) is 0 Å². The SMILES string of the molecule is O=C(N1CCC(Cn2cnc(-c3ccccc3)cc2=O)CC1)N1CCNCC1c1ccccc1. The Balaban J connectivity index is 1.19. The van der Waals surface area contributed by atoms with Gasteiger partial charge in [0.2, 0.25) is 0 Å². The van der Waals surface area contributed by atoms with E-state index in [0.29, 0.717) is 24.7 Å². The highest BCUT2D eigenvalue weighted by molar-refractivity contribution is 5.75. The maximum atomic E-state index is 13.4. The van der Waals surface area contributed by atoms with Crippen LogP contribution in [0.2, 0.25) is 0 Å². The zero-order chi connectivity index (χ0) is 23.3. The van der Waals surface area contributed by atoms with Crippen LogP contribution >= 0.6 is 0 Å². The van der Waals surface area contributed by atoms with Gasteiger partial charge in [-0.15, -0.1) is 0 Å². The van der Waals surface area contributed by atoms with Gasteiger partial charge in [0.25, 0.3) is 5.56 Å². The van der Waals surface area contributed by atoms with Crippen LogP contribution < -0.4 is 10.9 Å². The van der Waals surface area contributed by atoms with Gasteiger partial charge in [0.05, 0.1) is 18.1 Å². The first-order valence-electron chi connectivity index (χ1n) is 12.1. The van der Waals surface area contributed by atoms with Gasteiger partial charge >= 0.3 is 6.03 Å². The molecule has 34 heavy (non-hydrogen) atoms. The number of likely N-dealkylation sites (tertiary alicyclic amines) is 1.